The monoisotopic (exact) mass is 980 g/mol. The van der Waals surface area contributed by atoms with Gasteiger partial charge in [0.05, 0.1) is 27.7 Å². The Bertz CT molecular complexity index is 3090. The first-order chi connectivity index (χ1) is 32.6. The molecule has 0 bridgehead atoms. The summed E-state index contributed by atoms with van der Waals surface area (Å²) < 4.78 is 300. The Hall–Kier alpha value is -7.64. The van der Waals surface area contributed by atoms with Crippen molar-refractivity contribution in [1.29, 1.82) is 0 Å². The summed E-state index contributed by atoms with van der Waals surface area (Å²) in [5.41, 5.74) is -15.3. The molecule has 0 aliphatic heterocycles. The molecule has 69 heavy (non-hydrogen) atoms. The molecule has 0 atom stereocenters. The molecule has 0 amide bonds. The first-order valence-electron chi connectivity index (χ1n) is 19.2. The van der Waals surface area contributed by atoms with Crippen LogP contribution in [0.15, 0.2) is 72.8 Å². The van der Waals surface area contributed by atoms with Crippen molar-refractivity contribution in [2.24, 2.45) is 0 Å². The van der Waals surface area contributed by atoms with Gasteiger partial charge in [-0.3, -0.25) is 0 Å². The van der Waals surface area contributed by atoms with E-state index in [1.54, 1.807) is 0 Å². The molecular formula is C49H12F20. The third-order valence-electron chi connectivity index (χ3n) is 12.3. The minimum Gasteiger partial charge on any atom is -0.203 e. The summed E-state index contributed by atoms with van der Waals surface area (Å²) in [7, 11) is 0. The molecule has 2 aliphatic carbocycles. The van der Waals surface area contributed by atoms with Gasteiger partial charge in [0.2, 0.25) is 23.3 Å². The lowest BCUT2D eigenvalue weighted by Gasteiger charge is -2.32. The van der Waals surface area contributed by atoms with E-state index in [1.165, 1.54) is 0 Å². The molecule has 0 unspecified atom stereocenters. The van der Waals surface area contributed by atoms with Crippen LogP contribution in [0.4, 0.5) is 87.8 Å². The van der Waals surface area contributed by atoms with E-state index in [2.05, 4.69) is 0 Å². The first kappa shape index (κ1) is 45.2. The minimum absolute atomic E-state index is 0.205. The lowest BCUT2D eigenvalue weighted by molar-refractivity contribution is 0.381. The third kappa shape index (κ3) is 5.79. The van der Waals surface area contributed by atoms with Crippen molar-refractivity contribution in [1.82, 2.24) is 0 Å². The van der Waals surface area contributed by atoms with Crippen molar-refractivity contribution in [2.45, 2.75) is 5.41 Å². The Labute approximate surface area is 370 Å². The summed E-state index contributed by atoms with van der Waals surface area (Å²) in [5.74, 6) is -49.4. The second-order valence-corrected chi connectivity index (χ2v) is 15.6. The molecule has 1 spiro atoms. The van der Waals surface area contributed by atoms with E-state index in [0.29, 0.717) is 0 Å². The van der Waals surface area contributed by atoms with E-state index in [0.717, 1.165) is 72.8 Å². The molecular weight excluding hydrogens is 968 g/mol. The predicted molar refractivity (Wildman–Crippen MR) is 204 cm³/mol. The lowest BCUT2D eigenvalue weighted by Crippen LogP contribution is -2.26. The SMILES string of the molecule is Fc1c(F)c(F)c(-c2ccc3c(c2)C2(c4cc(-c5c(F)c(F)c(F)c(F)c5F)ccc4-3)c3cc(-c4c(F)c(F)c(F)c(F)c4F)ccc3-c3ccc(-c4c(F)c(F)c(F)c(F)c4F)cc32)c(F)c1F. The normalized spacial score (nSPS) is 13.0. The average molecular weight is 981 g/mol. The molecule has 0 nitrogen and oxygen atoms in total. The molecule has 20 heteroatoms. The molecule has 0 N–H and O–H groups in total. The van der Waals surface area contributed by atoms with Crippen molar-refractivity contribution in [3.63, 3.8) is 0 Å². The van der Waals surface area contributed by atoms with Gasteiger partial charge < -0.3 is 0 Å². The van der Waals surface area contributed by atoms with E-state index in [1.807, 2.05) is 0 Å². The van der Waals surface area contributed by atoms with E-state index in [9.17, 15) is 52.7 Å². The van der Waals surface area contributed by atoms with E-state index >= 15 is 35.1 Å². The van der Waals surface area contributed by atoms with E-state index in [4.69, 9.17) is 0 Å². The van der Waals surface area contributed by atoms with Gasteiger partial charge in [0, 0.05) is 0 Å². The van der Waals surface area contributed by atoms with Gasteiger partial charge in [-0.25, -0.2) is 87.8 Å². The summed E-state index contributed by atoms with van der Waals surface area (Å²) >= 11 is 0. The molecule has 10 rings (SSSR count). The van der Waals surface area contributed by atoms with Crippen LogP contribution in [0, 0.1) is 116 Å². The zero-order valence-electron chi connectivity index (χ0n) is 33.0. The van der Waals surface area contributed by atoms with E-state index in [-0.39, 0.29) is 22.3 Å². The summed E-state index contributed by atoms with van der Waals surface area (Å²) in [4.78, 5) is 0. The Morgan fingerprint density at radius 1 is 0.188 bits per heavy atom. The fraction of sp³-hybridized carbons (Fsp3) is 0.0204. The van der Waals surface area contributed by atoms with Gasteiger partial charge in [0.15, 0.2) is 93.1 Å². The third-order valence-corrected chi connectivity index (χ3v) is 12.3. The molecule has 0 saturated heterocycles. The number of hydrogen-bond acceptors (Lipinski definition) is 0. The Morgan fingerprint density at radius 2 is 0.333 bits per heavy atom. The highest BCUT2D eigenvalue weighted by molar-refractivity contribution is 5.98. The van der Waals surface area contributed by atoms with E-state index < -0.39 is 189 Å². The van der Waals surface area contributed by atoms with Gasteiger partial charge in [0.1, 0.15) is 0 Å². The number of hydrogen-bond donors (Lipinski definition) is 0. The quantitative estimate of drug-likeness (QED) is 0.0936. The zero-order valence-corrected chi connectivity index (χ0v) is 33.0. The van der Waals surface area contributed by atoms with Gasteiger partial charge >= 0.3 is 0 Å². The highest BCUT2D eigenvalue weighted by atomic mass is 19.2. The minimum atomic E-state index is -2.63. The van der Waals surface area contributed by atoms with Crippen LogP contribution in [-0.2, 0) is 5.41 Å². The van der Waals surface area contributed by atoms with Gasteiger partial charge in [-0.15, -0.1) is 0 Å². The van der Waals surface area contributed by atoms with Crippen LogP contribution in [0.25, 0.3) is 66.8 Å². The van der Waals surface area contributed by atoms with Gasteiger partial charge in [-0.2, -0.15) is 0 Å². The number of rotatable bonds is 4. The van der Waals surface area contributed by atoms with Crippen LogP contribution < -0.4 is 0 Å². The molecule has 8 aromatic carbocycles. The molecule has 0 heterocycles. The number of fused-ring (bicyclic) bond motifs is 10. The van der Waals surface area contributed by atoms with Gasteiger partial charge in [-0.05, 0) is 91.0 Å². The van der Waals surface area contributed by atoms with Gasteiger partial charge in [0.25, 0.3) is 0 Å². The van der Waals surface area contributed by atoms with Crippen LogP contribution in [0.3, 0.4) is 0 Å². The van der Waals surface area contributed by atoms with Crippen LogP contribution in [0.1, 0.15) is 22.3 Å². The highest BCUT2D eigenvalue weighted by Gasteiger charge is 2.53. The standard InChI is InChI=1S/C49H12F20/c50-29-25(30(51)38(59)45(66)37(29)58)13-1-5-17-18-6-2-14(26-31(52)39(60)46(67)40(61)32(26)53)10-22(18)49(21(17)9-13)23-11-15(27-33(54)41(62)47(68)42(63)34(27)55)3-7-19(23)20-8-4-16(12-24(20)49)28-35(56)43(64)48(69)44(65)36(28)57/h1-12H. The number of benzene rings is 8. The maximum atomic E-state index is 15.6. The molecule has 0 saturated carbocycles. The van der Waals surface area contributed by atoms with Crippen LogP contribution in [0.5, 0.6) is 0 Å². The summed E-state index contributed by atoms with van der Waals surface area (Å²) in [6, 6.07) is 10.00. The molecule has 0 radical (unpaired) electrons. The topological polar surface area (TPSA) is 0 Å². The van der Waals surface area contributed by atoms with Gasteiger partial charge in [-0.1, -0.05) is 48.5 Å². The fourth-order valence-electron chi connectivity index (χ4n) is 9.28. The Morgan fingerprint density at radius 3 is 0.493 bits per heavy atom. The number of halogens is 20. The van der Waals surface area contributed by atoms with Crippen molar-refractivity contribution in [2.75, 3.05) is 0 Å². The second-order valence-electron chi connectivity index (χ2n) is 15.6. The first-order valence-corrected chi connectivity index (χ1v) is 19.2. The van der Waals surface area contributed by atoms with Crippen molar-refractivity contribution >= 4 is 0 Å². The maximum absolute atomic E-state index is 15.6. The largest absolute Gasteiger partial charge is 0.203 e. The Kier molecular flexibility index (Phi) is 9.94. The summed E-state index contributed by atoms with van der Waals surface area (Å²) in [6.45, 7) is 0. The second kappa shape index (κ2) is 15.2. The lowest BCUT2D eigenvalue weighted by atomic mass is 9.69. The molecule has 348 valence electrons. The predicted octanol–water partition coefficient (Wildman–Crippen LogP) is 15.5. The molecule has 2 aliphatic rings. The van der Waals surface area contributed by atoms with Crippen molar-refractivity contribution in [3.05, 3.63) is 211 Å². The highest BCUT2D eigenvalue weighted by Crippen LogP contribution is 2.65. The molecule has 8 aromatic rings. The Balaban J connectivity index is 1.40. The van der Waals surface area contributed by atoms with Crippen LogP contribution >= 0.6 is 0 Å². The summed E-state index contributed by atoms with van der Waals surface area (Å²) in [6.07, 6.45) is 0. The average Bonchev–Trinajstić information content (AvgIpc) is 3.79. The smallest absolute Gasteiger partial charge is 0.200 e. The molecule has 0 fully saturated rings. The van der Waals surface area contributed by atoms with Crippen LogP contribution in [-0.4, -0.2) is 0 Å². The maximum Gasteiger partial charge on any atom is 0.200 e. The van der Waals surface area contributed by atoms with Crippen molar-refractivity contribution in [3.8, 4) is 66.8 Å². The van der Waals surface area contributed by atoms with Crippen LogP contribution in [0.2, 0.25) is 0 Å². The molecule has 0 aromatic heterocycles. The fourth-order valence-corrected chi connectivity index (χ4v) is 9.28. The summed E-state index contributed by atoms with van der Waals surface area (Å²) in [5, 5.41) is 0. The van der Waals surface area contributed by atoms with Crippen molar-refractivity contribution < 1.29 is 87.8 Å². The zero-order chi connectivity index (χ0) is 49.8.